The van der Waals surface area contributed by atoms with Crippen LogP contribution < -0.4 is 14.8 Å². The van der Waals surface area contributed by atoms with E-state index >= 15 is 0 Å². The van der Waals surface area contributed by atoms with Crippen molar-refractivity contribution in [3.63, 3.8) is 0 Å². The van der Waals surface area contributed by atoms with E-state index in [2.05, 4.69) is 21.2 Å². The Bertz CT molecular complexity index is 703. The van der Waals surface area contributed by atoms with E-state index < -0.39 is 10.0 Å². The number of hydrogen-bond acceptors (Lipinski definition) is 5. The average molecular weight is 407 g/mol. The van der Waals surface area contributed by atoms with Crippen molar-refractivity contribution in [2.45, 2.75) is 23.8 Å². The normalized spacial score (nSPS) is 14.7. The van der Waals surface area contributed by atoms with Gasteiger partial charge in [-0.15, -0.1) is 0 Å². The molecule has 0 aliphatic heterocycles. The van der Waals surface area contributed by atoms with Crippen LogP contribution in [0.4, 0.5) is 0 Å². The molecule has 128 valence electrons. The number of carbonyl (C=O) groups excluding carboxylic acids is 1. The minimum absolute atomic E-state index is 0.0110. The van der Waals surface area contributed by atoms with E-state index in [1.165, 1.54) is 33.4 Å². The molecule has 0 spiro atoms. The Kier molecular flexibility index (Phi) is 5.53. The van der Waals surface area contributed by atoms with Gasteiger partial charge in [-0.1, -0.05) is 0 Å². The summed E-state index contributed by atoms with van der Waals surface area (Å²) in [5.74, 6) is 0.396. The Balaban J connectivity index is 2.25. The van der Waals surface area contributed by atoms with Crippen molar-refractivity contribution in [3.8, 4) is 11.5 Å². The molecule has 1 N–H and O–H groups in total. The molecule has 7 nitrogen and oxygen atoms in total. The number of sulfonamides is 1. The molecule has 1 fully saturated rings. The lowest BCUT2D eigenvalue weighted by atomic mass is 10.3. The van der Waals surface area contributed by atoms with E-state index in [0.29, 0.717) is 16.0 Å². The van der Waals surface area contributed by atoms with Gasteiger partial charge in [-0.3, -0.25) is 4.79 Å². The van der Waals surface area contributed by atoms with Crippen molar-refractivity contribution < 1.29 is 22.7 Å². The Hall–Kier alpha value is -1.32. The average Bonchev–Trinajstić information content (AvgIpc) is 3.30. The Morgan fingerprint density at radius 3 is 2.39 bits per heavy atom. The van der Waals surface area contributed by atoms with E-state index in [-0.39, 0.29) is 23.4 Å². The maximum atomic E-state index is 12.7. The van der Waals surface area contributed by atoms with Crippen molar-refractivity contribution in [1.29, 1.82) is 0 Å². The number of benzene rings is 1. The number of carbonyl (C=O) groups is 1. The minimum atomic E-state index is -3.85. The van der Waals surface area contributed by atoms with Crippen molar-refractivity contribution >= 4 is 31.9 Å². The Labute approximate surface area is 144 Å². The molecule has 0 heterocycles. The fourth-order valence-corrected chi connectivity index (χ4v) is 4.11. The summed E-state index contributed by atoms with van der Waals surface area (Å²) in [5, 5.41) is 2.76. The molecule has 1 amide bonds. The summed E-state index contributed by atoms with van der Waals surface area (Å²) in [6.07, 6.45) is 1.90. The van der Waals surface area contributed by atoms with Gasteiger partial charge in [0.25, 0.3) is 0 Å². The molecule has 1 aliphatic carbocycles. The van der Waals surface area contributed by atoms with Gasteiger partial charge < -0.3 is 14.8 Å². The summed E-state index contributed by atoms with van der Waals surface area (Å²) >= 11 is 3.23. The third kappa shape index (κ3) is 4.15. The highest BCUT2D eigenvalue weighted by atomic mass is 79.9. The molecule has 0 aromatic heterocycles. The van der Waals surface area contributed by atoms with Gasteiger partial charge in [0, 0.05) is 23.6 Å². The van der Waals surface area contributed by atoms with Gasteiger partial charge >= 0.3 is 0 Å². The lowest BCUT2D eigenvalue weighted by Crippen LogP contribution is -2.39. The molecule has 9 heteroatoms. The fraction of sp³-hybridized carbons (Fsp3) is 0.500. The second-order valence-corrected chi connectivity index (χ2v) is 8.11. The van der Waals surface area contributed by atoms with Gasteiger partial charge in [0.2, 0.25) is 15.9 Å². The zero-order valence-corrected chi connectivity index (χ0v) is 15.5. The quantitative estimate of drug-likeness (QED) is 0.738. The van der Waals surface area contributed by atoms with Crippen LogP contribution in [0, 0.1) is 0 Å². The number of ether oxygens (including phenoxy) is 2. The number of hydrogen-bond donors (Lipinski definition) is 1. The van der Waals surface area contributed by atoms with Gasteiger partial charge in [0.05, 0.1) is 20.8 Å². The van der Waals surface area contributed by atoms with Crippen LogP contribution >= 0.6 is 15.9 Å². The number of nitrogens with one attached hydrogen (secondary N) is 1. The first-order chi connectivity index (χ1) is 10.8. The molecule has 0 atom stereocenters. The maximum Gasteiger partial charge on any atom is 0.244 e. The van der Waals surface area contributed by atoms with E-state index in [1.54, 1.807) is 0 Å². The first-order valence-electron chi connectivity index (χ1n) is 6.96. The molecule has 1 aromatic carbocycles. The summed E-state index contributed by atoms with van der Waals surface area (Å²) in [6, 6.07) is 3.07. The summed E-state index contributed by atoms with van der Waals surface area (Å²) in [4.78, 5) is 11.8. The van der Waals surface area contributed by atoms with Crippen molar-refractivity contribution in [2.24, 2.45) is 0 Å². The standard InChI is InChI=1S/C14H19BrN2O5S/c1-17(8-14(18)16-9-4-5-9)23(19,20)13-7-12(22-3)11(21-2)6-10(13)15/h6-7,9H,4-5,8H2,1-3H3,(H,16,18). The van der Waals surface area contributed by atoms with Crippen LogP contribution in [0.5, 0.6) is 11.5 Å². The topological polar surface area (TPSA) is 84.9 Å². The third-order valence-corrected chi connectivity index (χ3v) is 6.20. The molecular weight excluding hydrogens is 388 g/mol. The van der Waals surface area contributed by atoms with Crippen LogP contribution in [0.1, 0.15) is 12.8 Å². The van der Waals surface area contributed by atoms with Crippen molar-refractivity contribution in [1.82, 2.24) is 9.62 Å². The van der Waals surface area contributed by atoms with Gasteiger partial charge in [-0.25, -0.2) is 8.42 Å². The third-order valence-electron chi connectivity index (χ3n) is 3.44. The van der Waals surface area contributed by atoms with Crippen LogP contribution in [0.25, 0.3) is 0 Å². The monoisotopic (exact) mass is 406 g/mol. The number of rotatable bonds is 7. The summed E-state index contributed by atoms with van der Waals surface area (Å²) in [7, 11) is 0.409. The number of amides is 1. The molecule has 0 radical (unpaired) electrons. The molecule has 0 unspecified atom stereocenters. The maximum absolute atomic E-state index is 12.7. The molecule has 0 bridgehead atoms. The van der Waals surface area contributed by atoms with E-state index in [9.17, 15) is 13.2 Å². The van der Waals surface area contributed by atoms with Gasteiger partial charge in [-0.05, 0) is 34.8 Å². The lowest BCUT2D eigenvalue weighted by Gasteiger charge is -2.19. The molecule has 23 heavy (non-hydrogen) atoms. The first kappa shape index (κ1) is 18.0. The summed E-state index contributed by atoms with van der Waals surface area (Å²) < 4.78 is 37.0. The number of halogens is 1. The SMILES string of the molecule is COc1cc(Br)c(S(=O)(=O)N(C)CC(=O)NC2CC2)cc1OC. The zero-order valence-electron chi connectivity index (χ0n) is 13.1. The van der Waals surface area contributed by atoms with Gasteiger partial charge in [0.15, 0.2) is 11.5 Å². The van der Waals surface area contributed by atoms with Crippen LogP contribution in [0.15, 0.2) is 21.5 Å². The molecule has 1 aromatic rings. The van der Waals surface area contributed by atoms with Crippen LogP contribution in [0.2, 0.25) is 0 Å². The van der Waals surface area contributed by atoms with Crippen LogP contribution in [0.3, 0.4) is 0 Å². The zero-order chi connectivity index (χ0) is 17.2. The molecule has 2 rings (SSSR count). The van der Waals surface area contributed by atoms with Crippen molar-refractivity contribution in [3.05, 3.63) is 16.6 Å². The van der Waals surface area contributed by atoms with Crippen LogP contribution in [-0.2, 0) is 14.8 Å². The highest BCUT2D eigenvalue weighted by Gasteiger charge is 2.29. The Morgan fingerprint density at radius 1 is 1.30 bits per heavy atom. The molecule has 1 aliphatic rings. The molecule has 1 saturated carbocycles. The molecular formula is C14H19BrN2O5S. The largest absolute Gasteiger partial charge is 0.493 e. The lowest BCUT2D eigenvalue weighted by molar-refractivity contribution is -0.121. The summed E-state index contributed by atoms with van der Waals surface area (Å²) in [5.41, 5.74) is 0. The number of likely N-dealkylation sites (N-methyl/N-ethyl adjacent to an activating group) is 1. The molecule has 0 saturated heterocycles. The highest BCUT2D eigenvalue weighted by molar-refractivity contribution is 9.10. The van der Waals surface area contributed by atoms with E-state index in [4.69, 9.17) is 9.47 Å². The number of nitrogens with zero attached hydrogens (tertiary/aromatic N) is 1. The number of methoxy groups -OCH3 is 2. The van der Waals surface area contributed by atoms with Gasteiger partial charge in [-0.2, -0.15) is 4.31 Å². The second kappa shape index (κ2) is 7.06. The summed E-state index contributed by atoms with van der Waals surface area (Å²) in [6.45, 7) is -0.236. The predicted molar refractivity (Wildman–Crippen MR) is 88.2 cm³/mol. The van der Waals surface area contributed by atoms with Crippen LogP contribution in [-0.4, -0.2) is 52.5 Å². The smallest absolute Gasteiger partial charge is 0.244 e. The van der Waals surface area contributed by atoms with Gasteiger partial charge in [0.1, 0.15) is 4.90 Å². The highest BCUT2D eigenvalue weighted by Crippen LogP contribution is 2.36. The fourth-order valence-electron chi connectivity index (χ4n) is 1.99. The predicted octanol–water partition coefficient (Wildman–Crippen LogP) is 1.37. The van der Waals surface area contributed by atoms with Crippen molar-refractivity contribution in [2.75, 3.05) is 27.8 Å². The Morgan fingerprint density at radius 2 is 1.87 bits per heavy atom. The minimum Gasteiger partial charge on any atom is -0.493 e. The van der Waals surface area contributed by atoms with E-state index in [0.717, 1.165) is 17.1 Å². The second-order valence-electron chi connectivity index (χ2n) is 5.24. The van der Waals surface area contributed by atoms with E-state index in [1.807, 2.05) is 0 Å². The first-order valence-corrected chi connectivity index (χ1v) is 9.20.